The van der Waals surface area contributed by atoms with Gasteiger partial charge in [0.05, 0.1) is 13.2 Å². The Morgan fingerprint density at radius 3 is 3.04 bits per heavy atom. The van der Waals surface area contributed by atoms with E-state index in [4.69, 9.17) is 14.2 Å². The Kier molecular flexibility index (Phi) is 5.91. The van der Waals surface area contributed by atoms with Crippen LogP contribution in [0.3, 0.4) is 0 Å². The molecule has 0 spiro atoms. The molecule has 1 heterocycles. The second-order valence-corrected chi connectivity index (χ2v) is 5.76. The van der Waals surface area contributed by atoms with Crippen molar-refractivity contribution < 1.29 is 23.4 Å². The minimum atomic E-state index is -0.343. The Hall–Kier alpha value is -2.80. The summed E-state index contributed by atoms with van der Waals surface area (Å²) in [4.78, 5) is 12.0. The molecule has 1 aliphatic heterocycles. The third-order valence-corrected chi connectivity index (χ3v) is 3.83. The Balaban J connectivity index is 1.54. The zero-order chi connectivity index (χ0) is 18.4. The van der Waals surface area contributed by atoms with Gasteiger partial charge >= 0.3 is 6.03 Å². The number of hydrogen-bond acceptors (Lipinski definition) is 4. The van der Waals surface area contributed by atoms with Gasteiger partial charge in [0, 0.05) is 23.9 Å². The van der Waals surface area contributed by atoms with Gasteiger partial charge in [-0.2, -0.15) is 0 Å². The van der Waals surface area contributed by atoms with Gasteiger partial charge in [-0.15, -0.1) is 0 Å². The van der Waals surface area contributed by atoms with Crippen LogP contribution in [0.5, 0.6) is 11.5 Å². The summed E-state index contributed by atoms with van der Waals surface area (Å²) in [5, 5.41) is 5.50. The summed E-state index contributed by atoms with van der Waals surface area (Å²) in [6.07, 6.45) is 0.451. The molecule has 0 aliphatic carbocycles. The van der Waals surface area contributed by atoms with E-state index in [1.807, 2.05) is 13.0 Å². The van der Waals surface area contributed by atoms with Crippen LogP contribution in [0, 0.1) is 5.82 Å². The minimum Gasteiger partial charge on any atom is -0.494 e. The van der Waals surface area contributed by atoms with Crippen molar-refractivity contribution in [3.05, 3.63) is 53.3 Å². The average molecular weight is 360 g/mol. The fraction of sp³-hybridized carbons (Fsp3) is 0.316. The number of fused-ring (bicyclic) bond motifs is 1. The number of amides is 2. The Morgan fingerprint density at radius 2 is 2.19 bits per heavy atom. The van der Waals surface area contributed by atoms with Crippen LogP contribution < -0.4 is 20.1 Å². The number of urea groups is 1. The quantitative estimate of drug-likeness (QED) is 0.828. The second-order valence-electron chi connectivity index (χ2n) is 5.76. The predicted molar refractivity (Wildman–Crippen MR) is 95.0 cm³/mol. The number of hydrogen-bond donors (Lipinski definition) is 2. The van der Waals surface area contributed by atoms with E-state index in [9.17, 15) is 9.18 Å². The van der Waals surface area contributed by atoms with Crippen molar-refractivity contribution in [2.45, 2.75) is 20.0 Å². The molecule has 7 heteroatoms. The van der Waals surface area contributed by atoms with E-state index < -0.39 is 0 Å². The summed E-state index contributed by atoms with van der Waals surface area (Å²) in [5.41, 5.74) is 2.03. The van der Waals surface area contributed by atoms with E-state index in [-0.39, 0.29) is 18.6 Å². The molecule has 26 heavy (non-hydrogen) atoms. The molecule has 0 saturated carbocycles. The molecule has 0 radical (unpaired) electrons. The summed E-state index contributed by atoms with van der Waals surface area (Å²) >= 11 is 0. The van der Waals surface area contributed by atoms with E-state index in [1.54, 1.807) is 18.2 Å². The molecule has 0 fully saturated rings. The minimum absolute atomic E-state index is 0.149. The molecule has 3 rings (SSSR count). The van der Waals surface area contributed by atoms with Crippen molar-refractivity contribution in [3.8, 4) is 11.5 Å². The van der Waals surface area contributed by atoms with Crippen LogP contribution in [0.4, 0.5) is 14.9 Å². The first kappa shape index (κ1) is 18.0. The second kappa shape index (κ2) is 8.53. The summed E-state index contributed by atoms with van der Waals surface area (Å²) in [6.45, 7) is 3.27. The van der Waals surface area contributed by atoms with Gasteiger partial charge in [0.15, 0.2) is 6.79 Å². The maximum absolute atomic E-state index is 13.7. The molecule has 2 aromatic carbocycles. The first-order chi connectivity index (χ1) is 12.7. The van der Waals surface area contributed by atoms with E-state index in [0.717, 1.165) is 0 Å². The maximum atomic E-state index is 13.7. The van der Waals surface area contributed by atoms with E-state index in [2.05, 4.69) is 10.6 Å². The summed E-state index contributed by atoms with van der Waals surface area (Å²) < 4.78 is 29.7. The van der Waals surface area contributed by atoms with Crippen LogP contribution in [0.15, 0.2) is 36.4 Å². The Morgan fingerprint density at radius 1 is 1.31 bits per heavy atom. The molecular weight excluding hydrogens is 339 g/mol. The summed E-state index contributed by atoms with van der Waals surface area (Å²) in [6, 6.07) is 9.65. The highest BCUT2D eigenvalue weighted by Crippen LogP contribution is 2.29. The number of nitrogens with one attached hydrogen (secondary N) is 2. The predicted octanol–water partition coefficient (Wildman–Crippen LogP) is 3.46. The molecule has 6 nitrogen and oxygen atoms in total. The lowest BCUT2D eigenvalue weighted by Crippen LogP contribution is -2.30. The van der Waals surface area contributed by atoms with Gasteiger partial charge in [0.1, 0.15) is 17.3 Å². The lowest BCUT2D eigenvalue weighted by molar-refractivity contribution is -0.0172. The number of rotatable bonds is 6. The maximum Gasteiger partial charge on any atom is 0.319 e. The van der Waals surface area contributed by atoms with Crippen LogP contribution in [0.2, 0.25) is 0 Å². The fourth-order valence-electron chi connectivity index (χ4n) is 2.76. The molecule has 2 aromatic rings. The third kappa shape index (κ3) is 4.64. The first-order valence-corrected chi connectivity index (χ1v) is 8.45. The smallest absolute Gasteiger partial charge is 0.319 e. The number of benzene rings is 2. The van der Waals surface area contributed by atoms with Crippen LogP contribution >= 0.6 is 0 Å². The van der Waals surface area contributed by atoms with Crippen molar-refractivity contribution in [2.75, 3.05) is 25.3 Å². The van der Waals surface area contributed by atoms with Gasteiger partial charge in [0.2, 0.25) is 0 Å². The van der Waals surface area contributed by atoms with E-state index >= 15 is 0 Å². The monoisotopic (exact) mass is 360 g/mol. The lowest BCUT2D eigenvalue weighted by Gasteiger charge is -2.21. The number of carbonyl (C=O) groups is 1. The van der Waals surface area contributed by atoms with E-state index in [1.165, 1.54) is 12.1 Å². The Bertz CT molecular complexity index is 782. The van der Waals surface area contributed by atoms with Crippen molar-refractivity contribution >= 4 is 11.7 Å². The molecule has 0 saturated heterocycles. The summed E-state index contributed by atoms with van der Waals surface area (Å²) in [5.74, 6) is 0.991. The molecule has 0 bridgehead atoms. The van der Waals surface area contributed by atoms with Crippen molar-refractivity contribution in [3.63, 3.8) is 0 Å². The zero-order valence-corrected chi connectivity index (χ0v) is 14.5. The van der Waals surface area contributed by atoms with Gasteiger partial charge in [-0.3, -0.25) is 0 Å². The van der Waals surface area contributed by atoms with Crippen molar-refractivity contribution in [1.82, 2.24) is 5.32 Å². The highest BCUT2D eigenvalue weighted by atomic mass is 19.1. The van der Waals surface area contributed by atoms with E-state index in [0.29, 0.717) is 54.5 Å². The SMILES string of the molecule is CCOc1cccc(NC(=O)NCCc2cc(F)cc3c2OCOC3)c1. The molecular formula is C19H21FN2O4. The zero-order valence-electron chi connectivity index (χ0n) is 14.5. The number of anilines is 1. The van der Waals surface area contributed by atoms with Gasteiger partial charge in [-0.05, 0) is 43.2 Å². The number of ether oxygens (including phenoxy) is 3. The number of carbonyl (C=O) groups excluding carboxylic acids is 1. The highest BCUT2D eigenvalue weighted by molar-refractivity contribution is 5.89. The van der Waals surface area contributed by atoms with Gasteiger partial charge in [0.25, 0.3) is 0 Å². The Labute approximate surface area is 151 Å². The average Bonchev–Trinajstić information content (AvgIpc) is 2.62. The highest BCUT2D eigenvalue weighted by Gasteiger charge is 2.17. The molecule has 138 valence electrons. The third-order valence-electron chi connectivity index (χ3n) is 3.83. The fourth-order valence-corrected chi connectivity index (χ4v) is 2.76. The standard InChI is InChI=1S/C19H21FN2O4/c1-2-25-17-5-3-4-16(10-17)22-19(23)21-7-6-13-8-15(20)9-14-11-24-12-26-18(13)14/h3-5,8-10H,2,6-7,11-12H2,1H3,(H2,21,22,23). The summed E-state index contributed by atoms with van der Waals surface area (Å²) in [7, 11) is 0. The van der Waals surface area contributed by atoms with Crippen molar-refractivity contribution in [1.29, 1.82) is 0 Å². The normalized spacial score (nSPS) is 12.7. The topological polar surface area (TPSA) is 68.8 Å². The van der Waals surface area contributed by atoms with Crippen LogP contribution in [-0.4, -0.2) is 26.0 Å². The lowest BCUT2D eigenvalue weighted by atomic mass is 10.1. The number of halogens is 1. The van der Waals surface area contributed by atoms with Crippen LogP contribution in [-0.2, 0) is 17.8 Å². The van der Waals surface area contributed by atoms with Crippen LogP contribution in [0.25, 0.3) is 0 Å². The molecule has 0 aromatic heterocycles. The van der Waals surface area contributed by atoms with Crippen LogP contribution in [0.1, 0.15) is 18.1 Å². The molecule has 1 aliphatic rings. The van der Waals surface area contributed by atoms with Crippen molar-refractivity contribution in [2.24, 2.45) is 0 Å². The molecule has 2 amide bonds. The van der Waals surface area contributed by atoms with Gasteiger partial charge in [-0.25, -0.2) is 9.18 Å². The van der Waals surface area contributed by atoms with Gasteiger partial charge < -0.3 is 24.8 Å². The first-order valence-electron chi connectivity index (χ1n) is 8.45. The van der Waals surface area contributed by atoms with Gasteiger partial charge in [-0.1, -0.05) is 6.07 Å². The molecule has 0 atom stereocenters. The molecule has 0 unspecified atom stereocenters. The molecule has 2 N–H and O–H groups in total. The largest absolute Gasteiger partial charge is 0.494 e.